The van der Waals surface area contributed by atoms with Gasteiger partial charge in [-0.05, 0) is 38.9 Å². The Labute approximate surface area is 122 Å². The van der Waals surface area contributed by atoms with Gasteiger partial charge in [-0.15, -0.1) is 0 Å². The molecule has 2 unspecified atom stereocenters. The summed E-state index contributed by atoms with van der Waals surface area (Å²) >= 11 is 0. The first kappa shape index (κ1) is 15.4. The number of pyridine rings is 1. The number of ether oxygens (including phenoxy) is 1. The van der Waals surface area contributed by atoms with Gasteiger partial charge in [0.25, 0.3) is 0 Å². The van der Waals surface area contributed by atoms with E-state index in [0.717, 1.165) is 50.6 Å². The van der Waals surface area contributed by atoms with Gasteiger partial charge in [-0.25, -0.2) is 0 Å². The average Bonchev–Trinajstić information content (AvgIpc) is 2.44. The number of morpholine rings is 1. The van der Waals surface area contributed by atoms with E-state index in [9.17, 15) is 0 Å². The molecule has 112 valence electrons. The number of rotatable bonds is 6. The highest BCUT2D eigenvalue weighted by Gasteiger charge is 2.23. The zero-order valence-electron chi connectivity index (χ0n) is 12.9. The fraction of sp³-hybridized carbons (Fsp3) is 0.688. The van der Waals surface area contributed by atoms with Gasteiger partial charge in [0, 0.05) is 25.7 Å². The molecule has 4 heteroatoms. The first-order valence-corrected chi connectivity index (χ1v) is 7.70. The Hall–Kier alpha value is -0.970. The smallest absolute Gasteiger partial charge is 0.0674 e. The Bertz CT molecular complexity index is 410. The van der Waals surface area contributed by atoms with E-state index in [0.29, 0.717) is 12.1 Å². The molecule has 1 aromatic rings. The lowest BCUT2D eigenvalue weighted by Crippen LogP contribution is -2.46. The standard InChI is InChI=1S/C16H27N3O/c1-4-8-17-9-15-6-5-7-16(18-15)11-19-10-14(3)20-12-13(19)2/h5-7,13-14,17H,4,8-12H2,1-3H3. The van der Waals surface area contributed by atoms with Crippen molar-refractivity contribution in [2.75, 3.05) is 19.7 Å². The number of nitrogens with one attached hydrogen (secondary N) is 1. The highest BCUT2D eigenvalue weighted by Crippen LogP contribution is 2.14. The van der Waals surface area contributed by atoms with Crippen LogP contribution in [0, 0.1) is 0 Å². The van der Waals surface area contributed by atoms with Crippen molar-refractivity contribution in [1.29, 1.82) is 0 Å². The average molecular weight is 277 g/mol. The SMILES string of the molecule is CCCNCc1cccc(CN2CC(C)OCC2C)n1. The highest BCUT2D eigenvalue weighted by molar-refractivity contribution is 5.11. The quantitative estimate of drug-likeness (QED) is 0.809. The molecule has 1 N–H and O–H groups in total. The van der Waals surface area contributed by atoms with Gasteiger partial charge in [-0.2, -0.15) is 0 Å². The molecule has 2 heterocycles. The van der Waals surface area contributed by atoms with E-state index in [2.05, 4.69) is 49.2 Å². The summed E-state index contributed by atoms with van der Waals surface area (Å²) in [6.07, 6.45) is 1.48. The van der Waals surface area contributed by atoms with Crippen LogP contribution in [-0.2, 0) is 17.8 Å². The van der Waals surface area contributed by atoms with Gasteiger partial charge in [-0.1, -0.05) is 13.0 Å². The third kappa shape index (κ3) is 4.54. The van der Waals surface area contributed by atoms with E-state index in [-0.39, 0.29) is 0 Å². The van der Waals surface area contributed by atoms with E-state index < -0.39 is 0 Å². The second kappa shape index (κ2) is 7.72. The number of hydrogen-bond donors (Lipinski definition) is 1. The van der Waals surface area contributed by atoms with Gasteiger partial charge in [-0.3, -0.25) is 9.88 Å². The fourth-order valence-electron chi connectivity index (χ4n) is 2.51. The number of hydrogen-bond acceptors (Lipinski definition) is 4. The summed E-state index contributed by atoms with van der Waals surface area (Å²) in [4.78, 5) is 7.21. The van der Waals surface area contributed by atoms with Gasteiger partial charge >= 0.3 is 0 Å². The van der Waals surface area contributed by atoms with Gasteiger partial charge < -0.3 is 10.1 Å². The van der Waals surface area contributed by atoms with Crippen LogP contribution in [0.4, 0.5) is 0 Å². The van der Waals surface area contributed by atoms with Crippen LogP contribution >= 0.6 is 0 Å². The second-order valence-corrected chi connectivity index (χ2v) is 5.72. The molecule has 1 saturated heterocycles. The minimum atomic E-state index is 0.320. The number of nitrogens with zero attached hydrogens (tertiary/aromatic N) is 2. The number of aromatic nitrogens is 1. The molecule has 0 radical (unpaired) electrons. The summed E-state index contributed by atoms with van der Waals surface area (Å²) in [6.45, 7) is 11.2. The lowest BCUT2D eigenvalue weighted by atomic mass is 10.2. The van der Waals surface area contributed by atoms with Crippen LogP contribution in [0.5, 0.6) is 0 Å². The zero-order chi connectivity index (χ0) is 14.4. The normalized spacial score (nSPS) is 23.9. The van der Waals surface area contributed by atoms with Crippen LogP contribution in [0.2, 0.25) is 0 Å². The Balaban J connectivity index is 1.93. The van der Waals surface area contributed by atoms with Crippen LogP contribution in [-0.4, -0.2) is 41.7 Å². The van der Waals surface area contributed by atoms with Crippen LogP contribution in [0.3, 0.4) is 0 Å². The zero-order valence-corrected chi connectivity index (χ0v) is 12.9. The Morgan fingerprint density at radius 1 is 1.35 bits per heavy atom. The molecule has 4 nitrogen and oxygen atoms in total. The van der Waals surface area contributed by atoms with E-state index in [1.807, 2.05) is 0 Å². The minimum Gasteiger partial charge on any atom is -0.376 e. The molecule has 0 spiro atoms. The van der Waals surface area contributed by atoms with Crippen LogP contribution < -0.4 is 5.32 Å². The maximum Gasteiger partial charge on any atom is 0.0674 e. The molecule has 0 aromatic carbocycles. The molecule has 20 heavy (non-hydrogen) atoms. The fourth-order valence-corrected chi connectivity index (χ4v) is 2.51. The molecule has 0 amide bonds. The van der Waals surface area contributed by atoms with Gasteiger partial charge in [0.15, 0.2) is 0 Å². The van der Waals surface area contributed by atoms with Crippen LogP contribution in [0.15, 0.2) is 18.2 Å². The lowest BCUT2D eigenvalue weighted by Gasteiger charge is -2.36. The first-order valence-electron chi connectivity index (χ1n) is 7.70. The molecule has 0 saturated carbocycles. The molecular weight excluding hydrogens is 250 g/mol. The van der Waals surface area contributed by atoms with Crippen molar-refractivity contribution in [2.24, 2.45) is 0 Å². The molecule has 2 atom stereocenters. The van der Waals surface area contributed by atoms with Crippen molar-refractivity contribution in [1.82, 2.24) is 15.2 Å². The Morgan fingerprint density at radius 2 is 2.15 bits per heavy atom. The van der Waals surface area contributed by atoms with Crippen molar-refractivity contribution in [3.8, 4) is 0 Å². The Kier molecular flexibility index (Phi) is 5.95. The van der Waals surface area contributed by atoms with E-state index in [4.69, 9.17) is 9.72 Å². The summed E-state index contributed by atoms with van der Waals surface area (Å²) < 4.78 is 5.68. The molecule has 1 aliphatic heterocycles. The molecule has 1 aromatic heterocycles. The summed E-state index contributed by atoms with van der Waals surface area (Å²) in [5.74, 6) is 0. The predicted octanol–water partition coefficient (Wildman–Crippen LogP) is 2.19. The summed E-state index contributed by atoms with van der Waals surface area (Å²) in [6, 6.07) is 6.79. The molecular formula is C16H27N3O. The summed E-state index contributed by atoms with van der Waals surface area (Å²) in [5.41, 5.74) is 2.28. The van der Waals surface area contributed by atoms with Crippen LogP contribution in [0.25, 0.3) is 0 Å². The topological polar surface area (TPSA) is 37.4 Å². The minimum absolute atomic E-state index is 0.320. The molecule has 0 aliphatic carbocycles. The summed E-state index contributed by atoms with van der Waals surface area (Å²) in [5, 5.41) is 3.40. The summed E-state index contributed by atoms with van der Waals surface area (Å²) in [7, 11) is 0. The van der Waals surface area contributed by atoms with Gasteiger partial charge in [0.2, 0.25) is 0 Å². The molecule has 1 aliphatic rings. The van der Waals surface area contributed by atoms with E-state index in [1.54, 1.807) is 0 Å². The highest BCUT2D eigenvalue weighted by atomic mass is 16.5. The van der Waals surface area contributed by atoms with Crippen molar-refractivity contribution < 1.29 is 4.74 Å². The second-order valence-electron chi connectivity index (χ2n) is 5.72. The van der Waals surface area contributed by atoms with Gasteiger partial charge in [0.1, 0.15) is 0 Å². The molecule has 2 rings (SSSR count). The van der Waals surface area contributed by atoms with Crippen molar-refractivity contribution in [3.05, 3.63) is 29.6 Å². The van der Waals surface area contributed by atoms with Crippen molar-refractivity contribution in [3.63, 3.8) is 0 Å². The van der Waals surface area contributed by atoms with Crippen molar-refractivity contribution in [2.45, 2.75) is 52.4 Å². The van der Waals surface area contributed by atoms with E-state index >= 15 is 0 Å². The molecule has 1 fully saturated rings. The monoisotopic (exact) mass is 277 g/mol. The molecule has 0 bridgehead atoms. The van der Waals surface area contributed by atoms with Gasteiger partial charge in [0.05, 0.1) is 24.1 Å². The largest absolute Gasteiger partial charge is 0.376 e. The van der Waals surface area contributed by atoms with Crippen LogP contribution in [0.1, 0.15) is 38.6 Å². The first-order chi connectivity index (χ1) is 9.69. The maximum absolute atomic E-state index is 5.68. The third-order valence-electron chi connectivity index (χ3n) is 3.70. The predicted molar refractivity (Wildman–Crippen MR) is 81.5 cm³/mol. The Morgan fingerprint density at radius 3 is 2.95 bits per heavy atom. The van der Waals surface area contributed by atoms with Crippen molar-refractivity contribution >= 4 is 0 Å². The third-order valence-corrected chi connectivity index (χ3v) is 3.70. The lowest BCUT2D eigenvalue weighted by molar-refractivity contribution is -0.0530. The maximum atomic E-state index is 5.68. The van der Waals surface area contributed by atoms with E-state index in [1.165, 1.54) is 0 Å².